The van der Waals surface area contributed by atoms with Crippen molar-refractivity contribution in [3.05, 3.63) is 24.2 Å². The Bertz CT molecular complexity index is 316. The minimum absolute atomic E-state index is 0.506. The molecule has 14 heavy (non-hydrogen) atoms. The zero-order valence-electron chi connectivity index (χ0n) is 8.16. The number of nitrogens with one attached hydrogen (secondary N) is 1. The van der Waals surface area contributed by atoms with Crippen LogP contribution in [0.15, 0.2) is 29.2 Å². The van der Waals surface area contributed by atoms with Crippen LogP contribution in [0, 0.1) is 11.8 Å². The van der Waals surface area contributed by atoms with Gasteiger partial charge in [-0.05, 0) is 37.0 Å². The largest absolute Gasteiger partial charge is 0.404 e. The van der Waals surface area contributed by atoms with Crippen LogP contribution in [0.5, 0.6) is 0 Å². The summed E-state index contributed by atoms with van der Waals surface area (Å²) in [5, 5.41) is 0. The monoisotopic (exact) mass is 192 g/mol. The highest BCUT2D eigenvalue weighted by molar-refractivity contribution is 6.05. The summed E-state index contributed by atoms with van der Waals surface area (Å²) < 4.78 is 0. The van der Waals surface area contributed by atoms with Gasteiger partial charge in [-0.3, -0.25) is 0 Å². The predicted octanol–water partition coefficient (Wildman–Crippen LogP) is 0.634. The fourth-order valence-electron chi connectivity index (χ4n) is 2.51. The SMILES string of the molecule is C=C(/N=C1\C(=C/N)C2CC[C@H]1C2)NN. The molecular weight excluding hydrogens is 176 g/mol. The molecule has 1 unspecified atom stereocenters. The van der Waals surface area contributed by atoms with Gasteiger partial charge in [-0.2, -0.15) is 0 Å². The topological polar surface area (TPSA) is 76.4 Å². The highest BCUT2D eigenvalue weighted by atomic mass is 15.3. The number of nitrogens with zero attached hydrogens (tertiary/aromatic N) is 1. The number of fused-ring (bicyclic) bond motifs is 2. The fraction of sp³-hybridized carbons (Fsp3) is 0.500. The smallest absolute Gasteiger partial charge is 0.132 e. The van der Waals surface area contributed by atoms with E-state index in [4.69, 9.17) is 11.6 Å². The average Bonchev–Trinajstić information content (AvgIpc) is 2.77. The van der Waals surface area contributed by atoms with Crippen molar-refractivity contribution in [1.82, 2.24) is 5.43 Å². The number of hydrogen-bond donors (Lipinski definition) is 3. The van der Waals surface area contributed by atoms with Gasteiger partial charge in [-0.15, -0.1) is 0 Å². The minimum Gasteiger partial charge on any atom is -0.404 e. The van der Waals surface area contributed by atoms with Gasteiger partial charge in [0.1, 0.15) is 5.82 Å². The molecular formula is C10H16N4. The van der Waals surface area contributed by atoms with Crippen LogP contribution in [0.4, 0.5) is 0 Å². The Morgan fingerprint density at radius 1 is 1.50 bits per heavy atom. The Morgan fingerprint density at radius 2 is 2.21 bits per heavy atom. The normalized spacial score (nSPS) is 35.5. The Labute approximate surface area is 83.7 Å². The second-order valence-electron chi connectivity index (χ2n) is 3.92. The summed E-state index contributed by atoms with van der Waals surface area (Å²) in [4.78, 5) is 4.37. The number of allylic oxidation sites excluding steroid dienone is 1. The van der Waals surface area contributed by atoms with Gasteiger partial charge in [0.2, 0.25) is 0 Å². The number of hydrogen-bond acceptors (Lipinski definition) is 4. The van der Waals surface area contributed by atoms with Crippen molar-refractivity contribution in [2.24, 2.45) is 28.4 Å². The van der Waals surface area contributed by atoms with Crippen LogP contribution in [0.25, 0.3) is 0 Å². The van der Waals surface area contributed by atoms with Gasteiger partial charge in [-0.1, -0.05) is 6.58 Å². The van der Waals surface area contributed by atoms with Crippen LogP contribution < -0.4 is 17.0 Å². The zero-order chi connectivity index (χ0) is 10.1. The van der Waals surface area contributed by atoms with Gasteiger partial charge in [0, 0.05) is 5.92 Å². The highest BCUT2D eigenvalue weighted by Gasteiger charge is 2.40. The molecule has 5 N–H and O–H groups in total. The molecule has 2 fully saturated rings. The second-order valence-corrected chi connectivity index (χ2v) is 3.92. The lowest BCUT2D eigenvalue weighted by Crippen LogP contribution is -2.22. The van der Waals surface area contributed by atoms with Crippen molar-refractivity contribution in [3.63, 3.8) is 0 Å². The second kappa shape index (κ2) is 3.46. The molecule has 2 saturated carbocycles. The maximum Gasteiger partial charge on any atom is 0.132 e. The van der Waals surface area contributed by atoms with Crippen LogP contribution in [0.1, 0.15) is 19.3 Å². The van der Waals surface area contributed by atoms with E-state index in [0.29, 0.717) is 17.7 Å². The lowest BCUT2D eigenvalue weighted by Gasteiger charge is -2.15. The Balaban J connectivity index is 2.27. The molecule has 2 bridgehead atoms. The van der Waals surface area contributed by atoms with Gasteiger partial charge in [0.15, 0.2) is 0 Å². The van der Waals surface area contributed by atoms with Crippen LogP contribution in [0.2, 0.25) is 0 Å². The maximum absolute atomic E-state index is 5.60. The highest BCUT2D eigenvalue weighted by Crippen LogP contribution is 2.46. The minimum atomic E-state index is 0.506. The summed E-state index contributed by atoms with van der Waals surface area (Å²) in [7, 11) is 0. The van der Waals surface area contributed by atoms with E-state index >= 15 is 0 Å². The zero-order valence-corrected chi connectivity index (χ0v) is 8.16. The Morgan fingerprint density at radius 3 is 2.86 bits per heavy atom. The number of nitrogens with two attached hydrogens (primary N) is 2. The summed E-state index contributed by atoms with van der Waals surface area (Å²) in [6.07, 6.45) is 5.35. The lowest BCUT2D eigenvalue weighted by atomic mass is 9.93. The van der Waals surface area contributed by atoms with Gasteiger partial charge in [-0.25, -0.2) is 10.8 Å². The van der Waals surface area contributed by atoms with Crippen molar-refractivity contribution < 1.29 is 0 Å². The molecule has 2 atom stereocenters. The Kier molecular flexibility index (Phi) is 2.29. The average molecular weight is 192 g/mol. The third kappa shape index (κ3) is 1.32. The summed E-state index contributed by atoms with van der Waals surface area (Å²) in [6.45, 7) is 3.70. The summed E-state index contributed by atoms with van der Waals surface area (Å²) >= 11 is 0. The van der Waals surface area contributed by atoms with Crippen molar-refractivity contribution in [3.8, 4) is 0 Å². The molecule has 0 amide bonds. The molecule has 0 aromatic rings. The van der Waals surface area contributed by atoms with Gasteiger partial charge < -0.3 is 11.2 Å². The predicted molar refractivity (Wildman–Crippen MR) is 57.0 cm³/mol. The molecule has 0 radical (unpaired) electrons. The maximum atomic E-state index is 5.60. The summed E-state index contributed by atoms with van der Waals surface area (Å²) in [5.41, 5.74) is 10.3. The molecule has 2 rings (SSSR count). The quantitative estimate of drug-likeness (QED) is 0.444. The molecule has 0 aromatic carbocycles. The fourth-order valence-corrected chi connectivity index (χ4v) is 2.51. The first-order chi connectivity index (χ1) is 6.76. The number of hydrazine groups is 1. The molecule has 0 saturated heterocycles. The van der Waals surface area contributed by atoms with Crippen LogP contribution >= 0.6 is 0 Å². The summed E-state index contributed by atoms with van der Waals surface area (Å²) in [6, 6.07) is 0. The van der Waals surface area contributed by atoms with Crippen LogP contribution in [-0.2, 0) is 0 Å². The van der Waals surface area contributed by atoms with Crippen LogP contribution in [-0.4, -0.2) is 5.71 Å². The van der Waals surface area contributed by atoms with E-state index < -0.39 is 0 Å². The first-order valence-electron chi connectivity index (χ1n) is 4.92. The molecule has 76 valence electrons. The molecule has 0 aromatic heterocycles. The number of rotatable bonds is 2. The van der Waals surface area contributed by atoms with E-state index in [1.807, 2.05) is 0 Å². The molecule has 0 aliphatic heterocycles. The summed E-state index contributed by atoms with van der Waals surface area (Å²) in [5.74, 6) is 6.92. The van der Waals surface area contributed by atoms with Gasteiger partial charge in [0.05, 0.1) is 5.71 Å². The van der Waals surface area contributed by atoms with E-state index in [-0.39, 0.29) is 0 Å². The standard InChI is InChI=1S/C10H16N4/c1-6(14-12)13-10-8-3-2-7(4-8)9(10)5-11/h5,7-8,14H,1-4,11-12H2/b9-5-,13-10-/t7?,8-/m0/s1. The molecule has 4 heteroatoms. The molecule has 4 nitrogen and oxygen atoms in total. The van der Waals surface area contributed by atoms with Crippen molar-refractivity contribution in [2.75, 3.05) is 0 Å². The molecule has 0 spiro atoms. The van der Waals surface area contributed by atoms with E-state index in [2.05, 4.69) is 17.0 Å². The van der Waals surface area contributed by atoms with E-state index in [1.165, 1.54) is 24.8 Å². The third-order valence-electron chi connectivity index (χ3n) is 3.16. The van der Waals surface area contributed by atoms with Crippen LogP contribution in [0.3, 0.4) is 0 Å². The first-order valence-corrected chi connectivity index (χ1v) is 4.92. The van der Waals surface area contributed by atoms with E-state index in [0.717, 1.165) is 5.71 Å². The van der Waals surface area contributed by atoms with Gasteiger partial charge in [0.25, 0.3) is 0 Å². The van der Waals surface area contributed by atoms with E-state index in [9.17, 15) is 0 Å². The first kappa shape index (κ1) is 9.27. The molecule has 0 heterocycles. The lowest BCUT2D eigenvalue weighted by molar-refractivity contribution is 0.678. The molecule has 2 aliphatic carbocycles. The van der Waals surface area contributed by atoms with Crippen molar-refractivity contribution in [1.29, 1.82) is 0 Å². The Hall–Kier alpha value is -1.29. The van der Waals surface area contributed by atoms with Gasteiger partial charge >= 0.3 is 0 Å². The van der Waals surface area contributed by atoms with E-state index in [1.54, 1.807) is 6.20 Å². The number of aliphatic imine (C=N–C) groups is 1. The third-order valence-corrected chi connectivity index (χ3v) is 3.16. The van der Waals surface area contributed by atoms with Crippen molar-refractivity contribution in [2.45, 2.75) is 19.3 Å². The van der Waals surface area contributed by atoms with Crippen molar-refractivity contribution >= 4 is 5.71 Å². The molecule has 2 aliphatic rings.